The molecule has 0 unspecified atom stereocenters. The fourth-order valence-electron chi connectivity index (χ4n) is 4.45. The molecule has 2 aliphatic rings. The number of hydrogen-bond donors (Lipinski definition) is 1. The van der Waals surface area contributed by atoms with E-state index in [-0.39, 0.29) is 17.7 Å². The monoisotopic (exact) mass is 436 g/mol. The van der Waals surface area contributed by atoms with Gasteiger partial charge in [0.25, 0.3) is 0 Å². The lowest BCUT2D eigenvalue weighted by Gasteiger charge is -2.35. The van der Waals surface area contributed by atoms with Crippen molar-refractivity contribution in [3.63, 3.8) is 0 Å². The summed E-state index contributed by atoms with van der Waals surface area (Å²) < 4.78 is 12.6. The summed E-state index contributed by atoms with van der Waals surface area (Å²) >= 11 is 6.08. The van der Waals surface area contributed by atoms with Gasteiger partial charge in [0.15, 0.2) is 17.3 Å². The maximum Gasteiger partial charge on any atom is 0.226 e. The van der Waals surface area contributed by atoms with Gasteiger partial charge in [0.05, 0.1) is 14.2 Å². The van der Waals surface area contributed by atoms with Gasteiger partial charge in [-0.05, 0) is 47.7 Å². The molecule has 5 rings (SSSR count). The Labute approximate surface area is 184 Å². The molecule has 1 aromatic heterocycles. The Bertz CT molecular complexity index is 1190. The predicted octanol–water partition coefficient (Wildman–Crippen LogP) is 4.36. The largest absolute Gasteiger partial charge is 0.493 e. The number of nitrogens with zero attached hydrogens (tertiary/aromatic N) is 3. The molecular formula is C23H21ClN4O3. The third-order valence-electron chi connectivity index (χ3n) is 5.93. The van der Waals surface area contributed by atoms with Crippen LogP contribution in [0.4, 0.5) is 5.95 Å². The zero-order valence-corrected chi connectivity index (χ0v) is 17.9. The van der Waals surface area contributed by atoms with Crippen molar-refractivity contribution in [3.05, 3.63) is 76.2 Å². The molecule has 2 atom stereocenters. The normalized spacial score (nSPS) is 20.0. The average molecular weight is 437 g/mol. The summed E-state index contributed by atoms with van der Waals surface area (Å²) in [7, 11) is 3.22. The van der Waals surface area contributed by atoms with E-state index in [1.165, 1.54) is 6.33 Å². The summed E-state index contributed by atoms with van der Waals surface area (Å²) in [5, 5.41) is 8.36. The maximum absolute atomic E-state index is 13.4. The van der Waals surface area contributed by atoms with Crippen LogP contribution in [-0.2, 0) is 4.79 Å². The molecule has 2 heterocycles. The van der Waals surface area contributed by atoms with Crippen LogP contribution in [0.5, 0.6) is 11.5 Å². The zero-order valence-electron chi connectivity index (χ0n) is 17.1. The second kappa shape index (κ2) is 7.74. The van der Waals surface area contributed by atoms with E-state index in [4.69, 9.17) is 21.1 Å². The molecule has 1 N–H and O–H groups in total. The number of benzene rings is 2. The number of hydrogen-bond acceptors (Lipinski definition) is 6. The Balaban J connectivity index is 1.55. The van der Waals surface area contributed by atoms with Crippen molar-refractivity contribution >= 4 is 23.3 Å². The lowest BCUT2D eigenvalue weighted by molar-refractivity contribution is -0.116. The molecule has 2 aromatic carbocycles. The second-order valence-corrected chi connectivity index (χ2v) is 8.08. The molecule has 3 aromatic rings. The molecule has 158 valence electrons. The molecule has 1 aliphatic carbocycles. The summed E-state index contributed by atoms with van der Waals surface area (Å²) in [6, 6.07) is 13.0. The fourth-order valence-corrected chi connectivity index (χ4v) is 4.57. The second-order valence-electron chi connectivity index (χ2n) is 7.64. The van der Waals surface area contributed by atoms with E-state index < -0.39 is 0 Å². The molecule has 0 amide bonds. The SMILES string of the molecule is COc1ccc([C@H]2CC(=O)C3=C(C2)Nc2ncnn2[C@H]3c2ccc(Cl)cc2)cc1OC. The van der Waals surface area contributed by atoms with Gasteiger partial charge in [-0.1, -0.05) is 29.8 Å². The van der Waals surface area contributed by atoms with Gasteiger partial charge in [-0.25, -0.2) is 4.68 Å². The van der Waals surface area contributed by atoms with E-state index in [2.05, 4.69) is 15.4 Å². The van der Waals surface area contributed by atoms with Gasteiger partial charge in [0.1, 0.15) is 12.4 Å². The van der Waals surface area contributed by atoms with Gasteiger partial charge in [-0.3, -0.25) is 4.79 Å². The Morgan fingerprint density at radius 2 is 1.77 bits per heavy atom. The summed E-state index contributed by atoms with van der Waals surface area (Å²) in [6.07, 6.45) is 2.59. The van der Waals surface area contributed by atoms with Gasteiger partial charge in [0, 0.05) is 22.7 Å². The van der Waals surface area contributed by atoms with Crippen molar-refractivity contribution < 1.29 is 14.3 Å². The lowest BCUT2D eigenvalue weighted by Crippen LogP contribution is -2.33. The van der Waals surface area contributed by atoms with Gasteiger partial charge >= 0.3 is 0 Å². The van der Waals surface area contributed by atoms with Crippen LogP contribution >= 0.6 is 11.6 Å². The molecule has 31 heavy (non-hydrogen) atoms. The number of Topliss-reactive ketones (excluding diaryl/α,β-unsaturated/α-hetero) is 1. The van der Waals surface area contributed by atoms with Gasteiger partial charge in [-0.15, -0.1) is 0 Å². The molecule has 0 radical (unpaired) electrons. The van der Waals surface area contributed by atoms with Crippen molar-refractivity contribution in [2.24, 2.45) is 0 Å². The van der Waals surface area contributed by atoms with E-state index in [1.807, 2.05) is 42.5 Å². The molecule has 0 saturated carbocycles. The number of methoxy groups -OCH3 is 2. The Morgan fingerprint density at radius 3 is 2.52 bits per heavy atom. The third-order valence-corrected chi connectivity index (χ3v) is 6.18. The number of ether oxygens (including phenoxy) is 2. The number of aromatic nitrogens is 3. The number of halogens is 1. The minimum absolute atomic E-state index is 0.0268. The first kappa shape index (κ1) is 19.6. The van der Waals surface area contributed by atoms with E-state index in [0.29, 0.717) is 35.3 Å². The zero-order chi connectivity index (χ0) is 21.5. The summed E-state index contributed by atoms with van der Waals surface area (Å²) in [5.41, 5.74) is 3.60. The molecule has 7 nitrogen and oxygen atoms in total. The van der Waals surface area contributed by atoms with Crippen LogP contribution < -0.4 is 14.8 Å². The molecule has 0 saturated heterocycles. The van der Waals surface area contributed by atoms with Gasteiger partial charge in [-0.2, -0.15) is 10.1 Å². The van der Waals surface area contributed by atoms with Crippen LogP contribution in [0.15, 0.2) is 60.1 Å². The Hall–Kier alpha value is -3.32. The van der Waals surface area contributed by atoms with E-state index >= 15 is 0 Å². The van der Waals surface area contributed by atoms with Crippen molar-refractivity contribution in [3.8, 4) is 11.5 Å². The van der Waals surface area contributed by atoms with E-state index in [0.717, 1.165) is 22.4 Å². The lowest BCUT2D eigenvalue weighted by atomic mass is 9.78. The van der Waals surface area contributed by atoms with Crippen LogP contribution in [-0.4, -0.2) is 34.8 Å². The van der Waals surface area contributed by atoms with E-state index in [1.54, 1.807) is 18.9 Å². The maximum atomic E-state index is 13.4. The smallest absolute Gasteiger partial charge is 0.226 e. The molecule has 0 spiro atoms. The highest BCUT2D eigenvalue weighted by atomic mass is 35.5. The first-order valence-electron chi connectivity index (χ1n) is 9.99. The fraction of sp³-hybridized carbons (Fsp3) is 0.261. The number of ketones is 1. The third kappa shape index (κ3) is 3.35. The number of allylic oxidation sites excluding steroid dienone is 2. The molecule has 0 bridgehead atoms. The van der Waals surface area contributed by atoms with Gasteiger partial charge < -0.3 is 14.8 Å². The highest BCUT2D eigenvalue weighted by molar-refractivity contribution is 6.30. The van der Waals surface area contributed by atoms with Crippen LogP contribution in [0.2, 0.25) is 5.02 Å². The Kier molecular flexibility index (Phi) is 4.90. The number of nitrogens with one attached hydrogen (secondary N) is 1. The minimum atomic E-state index is -0.329. The highest BCUT2D eigenvalue weighted by Crippen LogP contribution is 2.44. The summed E-state index contributed by atoms with van der Waals surface area (Å²) in [5.74, 6) is 2.07. The van der Waals surface area contributed by atoms with Crippen LogP contribution in [0.1, 0.15) is 35.9 Å². The van der Waals surface area contributed by atoms with Crippen molar-refractivity contribution in [2.75, 3.05) is 19.5 Å². The number of carbonyl (C=O) groups is 1. The van der Waals surface area contributed by atoms with Crippen molar-refractivity contribution in [1.82, 2.24) is 14.8 Å². The minimum Gasteiger partial charge on any atom is -0.493 e. The molecule has 8 heteroatoms. The quantitative estimate of drug-likeness (QED) is 0.654. The summed E-state index contributed by atoms with van der Waals surface area (Å²) in [4.78, 5) is 17.8. The van der Waals surface area contributed by atoms with Crippen LogP contribution in [0.25, 0.3) is 0 Å². The number of fused-ring (bicyclic) bond motifs is 1. The van der Waals surface area contributed by atoms with Crippen molar-refractivity contribution in [2.45, 2.75) is 24.8 Å². The van der Waals surface area contributed by atoms with Gasteiger partial charge in [0.2, 0.25) is 5.95 Å². The standard InChI is InChI=1S/C23H21ClN4O3/c1-30-19-8-5-14(11-20(19)31-2)15-9-17-21(18(29)10-15)22(13-3-6-16(24)7-4-13)28-23(27-17)25-12-26-28/h3-8,11-12,15,22H,9-10H2,1-2H3,(H,25,26,27)/t15-,22+/m1/s1. The summed E-state index contributed by atoms with van der Waals surface area (Å²) in [6.45, 7) is 0. The molecule has 0 fully saturated rings. The topological polar surface area (TPSA) is 78.3 Å². The first-order valence-corrected chi connectivity index (χ1v) is 10.4. The van der Waals surface area contributed by atoms with Crippen molar-refractivity contribution in [1.29, 1.82) is 0 Å². The van der Waals surface area contributed by atoms with Crippen LogP contribution in [0, 0.1) is 0 Å². The van der Waals surface area contributed by atoms with Crippen LogP contribution in [0.3, 0.4) is 0 Å². The predicted molar refractivity (Wildman–Crippen MR) is 117 cm³/mol. The average Bonchev–Trinajstić information content (AvgIpc) is 3.26. The Morgan fingerprint density at radius 1 is 1.03 bits per heavy atom. The van der Waals surface area contributed by atoms with E-state index in [9.17, 15) is 4.79 Å². The highest BCUT2D eigenvalue weighted by Gasteiger charge is 2.39. The number of carbonyl (C=O) groups excluding carboxylic acids is 1. The number of anilines is 1. The molecular weight excluding hydrogens is 416 g/mol. The number of rotatable bonds is 4. The first-order chi connectivity index (χ1) is 15.1. The molecule has 1 aliphatic heterocycles.